The van der Waals surface area contributed by atoms with Gasteiger partial charge in [0.25, 0.3) is 0 Å². The second-order valence-electron chi connectivity index (χ2n) is 5.21. The number of hydrogen-bond donors (Lipinski definition) is 2. The van der Waals surface area contributed by atoms with Gasteiger partial charge < -0.3 is 15.3 Å². The molecule has 1 heterocycles. The van der Waals surface area contributed by atoms with Crippen LogP contribution in [-0.2, 0) is 0 Å². The third-order valence-electron chi connectivity index (χ3n) is 3.68. The Kier molecular flexibility index (Phi) is 5.30. The van der Waals surface area contributed by atoms with Gasteiger partial charge in [0.2, 0.25) is 0 Å². The number of nitrogens with one attached hydrogen (secondary N) is 1. The number of urea groups is 1. The van der Waals surface area contributed by atoms with Gasteiger partial charge in [0.05, 0.1) is 11.1 Å². The van der Waals surface area contributed by atoms with Gasteiger partial charge >= 0.3 is 6.03 Å². The number of nitrogens with zero attached hydrogens (tertiary/aromatic N) is 1. The number of aliphatic hydroxyl groups is 1. The predicted molar refractivity (Wildman–Crippen MR) is 80.1 cm³/mol. The number of carbonyl (C=O) groups excluding carboxylic acids is 1. The van der Waals surface area contributed by atoms with Crippen molar-refractivity contribution in [1.29, 1.82) is 0 Å². The summed E-state index contributed by atoms with van der Waals surface area (Å²) in [4.78, 5) is 13.8. The van der Waals surface area contributed by atoms with Crippen molar-refractivity contribution < 1.29 is 14.3 Å². The Morgan fingerprint density at radius 3 is 2.90 bits per heavy atom. The molecule has 1 aromatic carbocycles. The Hall–Kier alpha value is -1.04. The molecule has 0 spiro atoms. The van der Waals surface area contributed by atoms with Gasteiger partial charge in [-0.15, -0.1) is 0 Å². The van der Waals surface area contributed by atoms with E-state index < -0.39 is 11.9 Å². The monoisotopic (exact) mass is 334 g/mol. The highest BCUT2D eigenvalue weighted by Crippen LogP contribution is 2.32. The molecule has 2 N–H and O–H groups in total. The average Bonchev–Trinajstić information content (AvgIpc) is 2.92. The highest BCUT2D eigenvalue weighted by molar-refractivity contribution is 6.36. The number of aliphatic hydroxyl groups excluding tert-OH is 1. The highest BCUT2D eigenvalue weighted by Gasteiger charge is 2.27. The van der Waals surface area contributed by atoms with Crippen LogP contribution in [0.5, 0.6) is 0 Å². The van der Waals surface area contributed by atoms with E-state index in [2.05, 4.69) is 5.32 Å². The number of hydrogen-bond acceptors (Lipinski definition) is 2. The van der Waals surface area contributed by atoms with Crippen molar-refractivity contribution in [2.45, 2.75) is 19.4 Å². The maximum absolute atomic E-state index is 13.5. The SMILES string of the molecule is CC(NC(=O)N1CCC(CO)C1)c1c(Cl)ccc(F)c1Cl. The standard InChI is InChI=1S/C14H17Cl2FN2O2/c1-8(12-10(15)2-3-11(17)13(12)16)18-14(21)19-5-4-9(6-19)7-20/h2-3,8-9,20H,4-7H2,1H3,(H,18,21). The van der Waals surface area contributed by atoms with Gasteiger partial charge in [0, 0.05) is 36.2 Å². The molecule has 4 nitrogen and oxygen atoms in total. The number of benzene rings is 1. The third-order valence-corrected chi connectivity index (χ3v) is 4.40. The van der Waals surface area contributed by atoms with Crippen molar-refractivity contribution in [2.24, 2.45) is 5.92 Å². The number of carbonyl (C=O) groups is 1. The molecule has 1 aliphatic heterocycles. The van der Waals surface area contributed by atoms with Crippen LogP contribution >= 0.6 is 23.2 Å². The molecule has 7 heteroatoms. The molecular formula is C14H17Cl2FN2O2. The van der Waals surface area contributed by atoms with Crippen LogP contribution in [0, 0.1) is 11.7 Å². The molecule has 0 radical (unpaired) electrons. The molecule has 1 saturated heterocycles. The molecular weight excluding hydrogens is 318 g/mol. The maximum atomic E-state index is 13.5. The molecule has 2 atom stereocenters. The minimum atomic E-state index is -0.571. The number of halogens is 3. The quantitative estimate of drug-likeness (QED) is 0.834. The van der Waals surface area contributed by atoms with Crippen LogP contribution in [0.25, 0.3) is 0 Å². The second kappa shape index (κ2) is 6.81. The minimum absolute atomic E-state index is 0.0703. The molecule has 2 unspecified atom stereocenters. The van der Waals surface area contributed by atoms with Crippen LogP contribution in [0.15, 0.2) is 12.1 Å². The fraction of sp³-hybridized carbons (Fsp3) is 0.500. The minimum Gasteiger partial charge on any atom is -0.396 e. The summed E-state index contributed by atoms with van der Waals surface area (Å²) < 4.78 is 13.5. The van der Waals surface area contributed by atoms with E-state index in [4.69, 9.17) is 28.3 Å². The van der Waals surface area contributed by atoms with Crippen molar-refractivity contribution in [1.82, 2.24) is 10.2 Å². The lowest BCUT2D eigenvalue weighted by atomic mass is 10.1. The summed E-state index contributed by atoms with van der Waals surface area (Å²) in [5.74, 6) is -0.453. The van der Waals surface area contributed by atoms with Gasteiger partial charge in [0.1, 0.15) is 5.82 Å². The second-order valence-corrected chi connectivity index (χ2v) is 6.00. The molecule has 1 aromatic rings. The molecule has 21 heavy (non-hydrogen) atoms. The summed E-state index contributed by atoms with van der Waals surface area (Å²) in [5, 5.41) is 12.1. The van der Waals surface area contributed by atoms with Crippen LogP contribution in [0.3, 0.4) is 0 Å². The molecule has 0 saturated carbocycles. The summed E-state index contributed by atoms with van der Waals surface area (Å²) in [6.07, 6.45) is 0.778. The fourth-order valence-electron chi connectivity index (χ4n) is 2.45. The first-order valence-electron chi connectivity index (χ1n) is 6.73. The van der Waals surface area contributed by atoms with E-state index in [1.54, 1.807) is 11.8 Å². The fourth-order valence-corrected chi connectivity index (χ4v) is 3.15. The lowest BCUT2D eigenvalue weighted by molar-refractivity contribution is 0.195. The van der Waals surface area contributed by atoms with Gasteiger partial charge in [0.15, 0.2) is 0 Å². The first-order valence-corrected chi connectivity index (χ1v) is 7.49. The van der Waals surface area contributed by atoms with E-state index in [0.717, 1.165) is 6.42 Å². The van der Waals surface area contributed by atoms with Gasteiger partial charge in [-0.3, -0.25) is 0 Å². The van der Waals surface area contributed by atoms with E-state index >= 15 is 0 Å². The van der Waals surface area contributed by atoms with E-state index in [1.165, 1.54) is 12.1 Å². The van der Waals surface area contributed by atoms with Crippen LogP contribution < -0.4 is 5.32 Å². The normalized spacial score (nSPS) is 19.7. The zero-order valence-electron chi connectivity index (χ0n) is 11.6. The number of amides is 2. The summed E-state index contributed by atoms with van der Waals surface area (Å²) in [6.45, 7) is 2.87. The van der Waals surface area contributed by atoms with Crippen LogP contribution in [0.1, 0.15) is 24.9 Å². The molecule has 1 aliphatic rings. The average molecular weight is 335 g/mol. The van der Waals surface area contributed by atoms with Gasteiger partial charge in [-0.2, -0.15) is 0 Å². The van der Waals surface area contributed by atoms with E-state index in [0.29, 0.717) is 23.7 Å². The van der Waals surface area contributed by atoms with E-state index in [-0.39, 0.29) is 23.6 Å². The van der Waals surface area contributed by atoms with Crippen LogP contribution in [-0.4, -0.2) is 35.7 Å². The van der Waals surface area contributed by atoms with Crippen molar-refractivity contribution in [3.8, 4) is 0 Å². The molecule has 0 bridgehead atoms. The summed E-state index contributed by atoms with van der Waals surface area (Å²) in [7, 11) is 0. The Labute approximate surface area is 132 Å². The lowest BCUT2D eigenvalue weighted by Crippen LogP contribution is -2.40. The zero-order chi connectivity index (χ0) is 15.6. The molecule has 116 valence electrons. The molecule has 2 amide bonds. The van der Waals surface area contributed by atoms with Crippen LogP contribution in [0.4, 0.5) is 9.18 Å². The highest BCUT2D eigenvalue weighted by atomic mass is 35.5. The van der Waals surface area contributed by atoms with Crippen molar-refractivity contribution in [3.05, 3.63) is 33.6 Å². The zero-order valence-corrected chi connectivity index (χ0v) is 13.1. The first kappa shape index (κ1) is 16.3. The van der Waals surface area contributed by atoms with Crippen LogP contribution in [0.2, 0.25) is 10.0 Å². The Balaban J connectivity index is 2.07. The third kappa shape index (κ3) is 3.59. The smallest absolute Gasteiger partial charge is 0.317 e. The predicted octanol–water partition coefficient (Wildman–Crippen LogP) is 3.22. The first-order chi connectivity index (χ1) is 9.93. The number of likely N-dealkylation sites (tertiary alicyclic amines) is 1. The van der Waals surface area contributed by atoms with Crippen molar-refractivity contribution >= 4 is 29.2 Å². The Morgan fingerprint density at radius 1 is 1.57 bits per heavy atom. The molecule has 0 aliphatic carbocycles. The van der Waals surface area contributed by atoms with Crippen molar-refractivity contribution in [2.75, 3.05) is 19.7 Å². The summed E-state index contributed by atoms with van der Waals surface area (Å²) in [6, 6.07) is 1.82. The Morgan fingerprint density at radius 2 is 2.29 bits per heavy atom. The largest absolute Gasteiger partial charge is 0.396 e. The topological polar surface area (TPSA) is 52.6 Å². The molecule has 1 fully saturated rings. The maximum Gasteiger partial charge on any atom is 0.317 e. The van der Waals surface area contributed by atoms with E-state index in [9.17, 15) is 9.18 Å². The van der Waals surface area contributed by atoms with Gasteiger partial charge in [-0.1, -0.05) is 23.2 Å². The van der Waals surface area contributed by atoms with Gasteiger partial charge in [-0.05, 0) is 25.5 Å². The van der Waals surface area contributed by atoms with Gasteiger partial charge in [-0.25, -0.2) is 9.18 Å². The number of rotatable bonds is 3. The summed E-state index contributed by atoms with van der Waals surface area (Å²) >= 11 is 12.0. The molecule has 2 rings (SSSR count). The molecule has 0 aromatic heterocycles. The van der Waals surface area contributed by atoms with E-state index in [1.807, 2.05) is 0 Å². The van der Waals surface area contributed by atoms with Crippen molar-refractivity contribution in [3.63, 3.8) is 0 Å². The lowest BCUT2D eigenvalue weighted by Gasteiger charge is -2.22. The Bertz CT molecular complexity index is 542. The summed E-state index contributed by atoms with van der Waals surface area (Å²) in [5.41, 5.74) is 0.365.